The predicted molar refractivity (Wildman–Crippen MR) is 55.9 cm³/mol. The van der Waals surface area contributed by atoms with Crippen LogP contribution in [0, 0.1) is 5.41 Å². The molecule has 0 aliphatic carbocycles. The van der Waals surface area contributed by atoms with Crippen LogP contribution in [0.25, 0.3) is 0 Å². The molecule has 0 radical (unpaired) electrons. The van der Waals surface area contributed by atoms with Crippen LogP contribution >= 0.6 is 0 Å². The normalized spacial score (nSPS) is 35.1. The molecule has 0 saturated carbocycles. The second kappa shape index (κ2) is 3.58. The van der Waals surface area contributed by atoms with E-state index < -0.39 is 0 Å². The minimum atomic E-state index is 0.590. The number of rotatable bonds is 1. The molecule has 2 heterocycles. The van der Waals surface area contributed by atoms with Gasteiger partial charge in [-0.15, -0.1) is 0 Å². The van der Waals surface area contributed by atoms with Gasteiger partial charge in [0, 0.05) is 25.7 Å². The maximum atomic E-state index is 3.53. The van der Waals surface area contributed by atoms with E-state index in [0.29, 0.717) is 5.41 Å². The van der Waals surface area contributed by atoms with E-state index in [1.54, 1.807) is 0 Å². The Morgan fingerprint density at radius 3 is 2.69 bits per heavy atom. The van der Waals surface area contributed by atoms with Gasteiger partial charge in [0.2, 0.25) is 0 Å². The molecule has 2 fully saturated rings. The van der Waals surface area contributed by atoms with Gasteiger partial charge in [0.15, 0.2) is 0 Å². The zero-order valence-corrected chi connectivity index (χ0v) is 8.97. The van der Waals surface area contributed by atoms with Gasteiger partial charge in [0.05, 0.1) is 0 Å². The van der Waals surface area contributed by atoms with Crippen molar-refractivity contribution in [2.75, 3.05) is 26.2 Å². The summed E-state index contributed by atoms with van der Waals surface area (Å²) >= 11 is 0. The lowest BCUT2D eigenvalue weighted by atomic mass is 9.82. The lowest BCUT2D eigenvalue weighted by molar-refractivity contribution is -0.00689. The summed E-state index contributed by atoms with van der Waals surface area (Å²) in [7, 11) is 0. The van der Waals surface area contributed by atoms with Gasteiger partial charge in [-0.2, -0.15) is 0 Å². The fourth-order valence-corrected chi connectivity index (χ4v) is 2.62. The molecule has 13 heavy (non-hydrogen) atoms. The molecule has 0 aromatic rings. The van der Waals surface area contributed by atoms with Crippen LogP contribution in [-0.4, -0.2) is 37.1 Å². The Morgan fingerprint density at radius 2 is 2.00 bits per heavy atom. The molecule has 0 bridgehead atoms. The van der Waals surface area contributed by atoms with E-state index in [9.17, 15) is 0 Å². The van der Waals surface area contributed by atoms with E-state index in [4.69, 9.17) is 0 Å². The molecule has 76 valence electrons. The van der Waals surface area contributed by atoms with Crippen molar-refractivity contribution in [3.8, 4) is 0 Å². The van der Waals surface area contributed by atoms with Crippen molar-refractivity contribution in [2.45, 2.75) is 39.2 Å². The highest BCUT2D eigenvalue weighted by Gasteiger charge is 2.37. The summed E-state index contributed by atoms with van der Waals surface area (Å²) < 4.78 is 0. The molecule has 0 aromatic heterocycles. The maximum Gasteiger partial charge on any atom is 0.0221 e. The van der Waals surface area contributed by atoms with Crippen LogP contribution in [0.3, 0.4) is 0 Å². The smallest absolute Gasteiger partial charge is 0.0221 e. The molecule has 2 rings (SSSR count). The summed E-state index contributed by atoms with van der Waals surface area (Å²) in [6.07, 6.45) is 4.19. The highest BCUT2D eigenvalue weighted by atomic mass is 15.2. The highest BCUT2D eigenvalue weighted by Crippen LogP contribution is 2.31. The van der Waals surface area contributed by atoms with Gasteiger partial charge >= 0.3 is 0 Å². The lowest BCUT2D eigenvalue weighted by Gasteiger charge is -2.49. The van der Waals surface area contributed by atoms with E-state index in [1.807, 2.05) is 0 Å². The van der Waals surface area contributed by atoms with Crippen molar-refractivity contribution in [1.82, 2.24) is 10.2 Å². The van der Waals surface area contributed by atoms with Crippen LogP contribution in [0.5, 0.6) is 0 Å². The first-order valence-corrected chi connectivity index (χ1v) is 5.62. The second-order valence-electron chi connectivity index (χ2n) is 5.42. The van der Waals surface area contributed by atoms with E-state index >= 15 is 0 Å². The Morgan fingerprint density at radius 1 is 1.23 bits per heavy atom. The fourth-order valence-electron chi connectivity index (χ4n) is 2.62. The van der Waals surface area contributed by atoms with Gasteiger partial charge in [0.1, 0.15) is 0 Å². The van der Waals surface area contributed by atoms with Crippen LogP contribution in [0.1, 0.15) is 33.1 Å². The average molecular weight is 182 g/mol. The van der Waals surface area contributed by atoms with Gasteiger partial charge in [-0.1, -0.05) is 20.3 Å². The highest BCUT2D eigenvalue weighted by molar-refractivity contribution is 4.92. The standard InChI is InChI=1S/C11H22N2/c1-11(2)8-13(9-11)10-5-3-4-6-12-7-10/h10,12H,3-9H2,1-2H3. The number of nitrogens with one attached hydrogen (secondary N) is 1. The molecule has 2 nitrogen and oxygen atoms in total. The van der Waals surface area contributed by atoms with Crippen molar-refractivity contribution >= 4 is 0 Å². The van der Waals surface area contributed by atoms with Crippen LogP contribution in [-0.2, 0) is 0 Å². The molecule has 0 spiro atoms. The quantitative estimate of drug-likeness (QED) is 0.660. The van der Waals surface area contributed by atoms with Gasteiger partial charge in [-0.3, -0.25) is 4.90 Å². The monoisotopic (exact) mass is 182 g/mol. The first kappa shape index (κ1) is 9.47. The molecule has 0 amide bonds. The Bertz CT molecular complexity index is 161. The number of likely N-dealkylation sites (tertiary alicyclic amines) is 1. The number of hydrogen-bond acceptors (Lipinski definition) is 2. The van der Waals surface area contributed by atoms with E-state index in [0.717, 1.165) is 6.04 Å². The molecule has 2 aliphatic rings. The lowest BCUT2D eigenvalue weighted by Crippen LogP contribution is -2.58. The summed E-state index contributed by atoms with van der Waals surface area (Å²) in [6.45, 7) is 9.80. The summed E-state index contributed by atoms with van der Waals surface area (Å²) in [6, 6.07) is 0.829. The Kier molecular flexibility index (Phi) is 2.61. The van der Waals surface area contributed by atoms with Crippen LogP contribution in [0.4, 0.5) is 0 Å². The molecule has 1 N–H and O–H groups in total. The van der Waals surface area contributed by atoms with Crippen molar-refractivity contribution in [2.24, 2.45) is 5.41 Å². The van der Waals surface area contributed by atoms with Gasteiger partial charge in [-0.25, -0.2) is 0 Å². The summed E-state index contributed by atoms with van der Waals surface area (Å²) in [5, 5.41) is 3.53. The third-order valence-corrected chi connectivity index (χ3v) is 3.30. The van der Waals surface area contributed by atoms with E-state index in [2.05, 4.69) is 24.1 Å². The van der Waals surface area contributed by atoms with Crippen LogP contribution < -0.4 is 5.32 Å². The van der Waals surface area contributed by atoms with E-state index in [1.165, 1.54) is 45.4 Å². The largest absolute Gasteiger partial charge is 0.315 e. The number of hydrogen-bond donors (Lipinski definition) is 1. The van der Waals surface area contributed by atoms with Crippen molar-refractivity contribution in [1.29, 1.82) is 0 Å². The summed E-state index contributed by atoms with van der Waals surface area (Å²) in [4.78, 5) is 2.65. The minimum absolute atomic E-state index is 0.590. The van der Waals surface area contributed by atoms with Crippen molar-refractivity contribution in [3.63, 3.8) is 0 Å². The van der Waals surface area contributed by atoms with Crippen LogP contribution in [0.2, 0.25) is 0 Å². The predicted octanol–water partition coefficient (Wildman–Crippen LogP) is 1.47. The first-order chi connectivity index (χ1) is 6.17. The Labute approximate surface area is 81.7 Å². The summed E-state index contributed by atoms with van der Waals surface area (Å²) in [5.74, 6) is 0. The molecular weight excluding hydrogens is 160 g/mol. The summed E-state index contributed by atoms with van der Waals surface area (Å²) in [5.41, 5.74) is 0.590. The molecule has 2 aliphatic heterocycles. The van der Waals surface area contributed by atoms with Crippen LogP contribution in [0.15, 0.2) is 0 Å². The van der Waals surface area contributed by atoms with Gasteiger partial charge in [-0.05, 0) is 24.8 Å². The second-order valence-corrected chi connectivity index (χ2v) is 5.42. The molecule has 1 unspecified atom stereocenters. The zero-order valence-electron chi connectivity index (χ0n) is 8.97. The third kappa shape index (κ3) is 2.23. The van der Waals surface area contributed by atoms with Crippen molar-refractivity contribution in [3.05, 3.63) is 0 Å². The average Bonchev–Trinajstić information content (AvgIpc) is 2.26. The molecule has 2 saturated heterocycles. The third-order valence-electron chi connectivity index (χ3n) is 3.30. The van der Waals surface area contributed by atoms with Gasteiger partial charge < -0.3 is 5.32 Å². The molecule has 0 aromatic carbocycles. The van der Waals surface area contributed by atoms with Crippen molar-refractivity contribution < 1.29 is 0 Å². The SMILES string of the molecule is CC1(C)CN(C2CCCCNC2)C1. The van der Waals surface area contributed by atoms with Gasteiger partial charge in [0.25, 0.3) is 0 Å². The molecular formula is C11H22N2. The number of nitrogens with zero attached hydrogens (tertiary/aromatic N) is 1. The Hall–Kier alpha value is -0.0800. The fraction of sp³-hybridized carbons (Fsp3) is 1.00. The van der Waals surface area contributed by atoms with E-state index in [-0.39, 0.29) is 0 Å². The first-order valence-electron chi connectivity index (χ1n) is 5.62. The molecule has 2 heteroatoms. The minimum Gasteiger partial charge on any atom is -0.315 e. The Balaban J connectivity index is 1.80. The topological polar surface area (TPSA) is 15.3 Å². The molecule has 1 atom stereocenters. The maximum absolute atomic E-state index is 3.53. The zero-order chi connectivity index (χ0) is 9.31.